The lowest BCUT2D eigenvalue weighted by molar-refractivity contribution is 0.00722. The fourth-order valence-corrected chi connectivity index (χ4v) is 3.46. The lowest BCUT2D eigenvalue weighted by atomic mass is 9.99. The number of likely N-dealkylation sites (tertiary alicyclic amines) is 1. The molecular formula is C22H24N4O3. The summed E-state index contributed by atoms with van der Waals surface area (Å²) in [5, 5.41) is 0.569. The first kappa shape index (κ1) is 19.1. The SMILES string of the molecule is Cn1c(C2CN(C(=O)OC(C)(C)C)C2)nc2cc(-c3ccccn3)ccc2c1=O. The zero-order valence-corrected chi connectivity index (χ0v) is 17.0. The topological polar surface area (TPSA) is 77.3 Å². The Morgan fingerprint density at radius 1 is 1.17 bits per heavy atom. The van der Waals surface area contributed by atoms with E-state index in [-0.39, 0.29) is 17.6 Å². The van der Waals surface area contributed by atoms with E-state index in [1.54, 1.807) is 28.8 Å². The second kappa shape index (κ2) is 6.99. The summed E-state index contributed by atoms with van der Waals surface area (Å²) < 4.78 is 6.99. The van der Waals surface area contributed by atoms with Crippen molar-refractivity contribution in [2.24, 2.45) is 7.05 Å². The number of amides is 1. The minimum absolute atomic E-state index is 0.00289. The third kappa shape index (κ3) is 3.72. The molecular weight excluding hydrogens is 368 g/mol. The third-order valence-corrected chi connectivity index (χ3v) is 4.97. The number of ether oxygens (including phenoxy) is 1. The van der Waals surface area contributed by atoms with Gasteiger partial charge in [-0.1, -0.05) is 12.1 Å². The van der Waals surface area contributed by atoms with Crippen molar-refractivity contribution in [3.63, 3.8) is 0 Å². The molecule has 0 bridgehead atoms. The fourth-order valence-electron chi connectivity index (χ4n) is 3.46. The van der Waals surface area contributed by atoms with Crippen LogP contribution in [0.5, 0.6) is 0 Å². The van der Waals surface area contributed by atoms with Crippen molar-refractivity contribution in [2.45, 2.75) is 32.3 Å². The summed E-state index contributed by atoms with van der Waals surface area (Å²) in [7, 11) is 1.73. The number of hydrogen-bond donors (Lipinski definition) is 0. The van der Waals surface area contributed by atoms with Crippen LogP contribution in [0.3, 0.4) is 0 Å². The third-order valence-electron chi connectivity index (χ3n) is 4.97. The highest BCUT2D eigenvalue weighted by Crippen LogP contribution is 2.28. The molecule has 1 saturated heterocycles. The minimum Gasteiger partial charge on any atom is -0.444 e. The van der Waals surface area contributed by atoms with Crippen molar-refractivity contribution < 1.29 is 9.53 Å². The van der Waals surface area contributed by atoms with Crippen molar-refractivity contribution >= 4 is 17.0 Å². The number of nitrogens with zero attached hydrogens (tertiary/aromatic N) is 4. The number of carbonyl (C=O) groups excluding carboxylic acids is 1. The van der Waals surface area contributed by atoms with Crippen LogP contribution in [0.25, 0.3) is 22.2 Å². The highest BCUT2D eigenvalue weighted by atomic mass is 16.6. The van der Waals surface area contributed by atoms with Gasteiger partial charge in [0.05, 0.1) is 22.5 Å². The number of fused-ring (bicyclic) bond motifs is 1. The van der Waals surface area contributed by atoms with E-state index in [9.17, 15) is 9.59 Å². The van der Waals surface area contributed by atoms with E-state index < -0.39 is 5.60 Å². The lowest BCUT2D eigenvalue weighted by Gasteiger charge is -2.39. The molecule has 150 valence electrons. The predicted molar refractivity (Wildman–Crippen MR) is 111 cm³/mol. The Kier molecular flexibility index (Phi) is 4.61. The van der Waals surface area contributed by atoms with Gasteiger partial charge >= 0.3 is 6.09 Å². The van der Waals surface area contributed by atoms with Gasteiger partial charge in [-0.3, -0.25) is 14.3 Å². The second-order valence-corrected chi connectivity index (χ2v) is 8.36. The Balaban J connectivity index is 1.63. The summed E-state index contributed by atoms with van der Waals surface area (Å²) in [5.74, 6) is 0.684. The molecule has 0 spiro atoms. The van der Waals surface area contributed by atoms with Crippen LogP contribution in [-0.2, 0) is 11.8 Å². The molecule has 29 heavy (non-hydrogen) atoms. The highest BCUT2D eigenvalue weighted by Gasteiger charge is 2.36. The molecule has 1 fully saturated rings. The van der Waals surface area contributed by atoms with Crippen molar-refractivity contribution in [1.82, 2.24) is 19.4 Å². The smallest absolute Gasteiger partial charge is 0.410 e. The van der Waals surface area contributed by atoms with Gasteiger partial charge in [-0.25, -0.2) is 9.78 Å². The largest absolute Gasteiger partial charge is 0.444 e. The number of aromatic nitrogens is 3. The zero-order valence-electron chi connectivity index (χ0n) is 17.0. The van der Waals surface area contributed by atoms with Gasteiger partial charge in [-0.2, -0.15) is 0 Å². The lowest BCUT2D eigenvalue weighted by Crippen LogP contribution is -2.51. The molecule has 0 N–H and O–H groups in total. The van der Waals surface area contributed by atoms with Gasteiger partial charge in [0.1, 0.15) is 11.4 Å². The van der Waals surface area contributed by atoms with Gasteiger partial charge in [-0.05, 0) is 45.0 Å². The van der Waals surface area contributed by atoms with E-state index in [1.165, 1.54) is 0 Å². The molecule has 4 rings (SSSR count). The quantitative estimate of drug-likeness (QED) is 0.669. The van der Waals surface area contributed by atoms with Gasteiger partial charge in [0.15, 0.2) is 0 Å². The van der Waals surface area contributed by atoms with Crippen molar-refractivity contribution in [3.05, 3.63) is 58.8 Å². The fraction of sp³-hybridized carbons (Fsp3) is 0.364. The van der Waals surface area contributed by atoms with Gasteiger partial charge in [0, 0.05) is 31.9 Å². The summed E-state index contributed by atoms with van der Waals surface area (Å²) >= 11 is 0. The molecule has 7 nitrogen and oxygen atoms in total. The molecule has 0 radical (unpaired) electrons. The maximum absolute atomic E-state index is 12.8. The molecule has 7 heteroatoms. The summed E-state index contributed by atoms with van der Waals surface area (Å²) in [4.78, 5) is 35.8. The Morgan fingerprint density at radius 3 is 2.59 bits per heavy atom. The Labute approximate surface area is 169 Å². The van der Waals surface area contributed by atoms with Gasteiger partial charge in [-0.15, -0.1) is 0 Å². The molecule has 1 aliphatic heterocycles. The normalized spacial score (nSPS) is 14.7. The van der Waals surface area contributed by atoms with Crippen LogP contribution in [0.4, 0.5) is 4.79 Å². The van der Waals surface area contributed by atoms with Crippen LogP contribution in [-0.4, -0.2) is 44.2 Å². The first-order chi connectivity index (χ1) is 13.7. The summed E-state index contributed by atoms with van der Waals surface area (Å²) in [6.45, 7) is 6.50. The van der Waals surface area contributed by atoms with Gasteiger partial charge in [0.25, 0.3) is 5.56 Å². The Morgan fingerprint density at radius 2 is 1.93 bits per heavy atom. The number of carbonyl (C=O) groups is 1. The molecule has 0 atom stereocenters. The molecule has 1 amide bonds. The van der Waals surface area contributed by atoms with Crippen molar-refractivity contribution in [1.29, 1.82) is 0 Å². The average molecular weight is 392 g/mol. The molecule has 3 heterocycles. The number of benzene rings is 1. The molecule has 3 aromatic rings. The van der Waals surface area contributed by atoms with E-state index in [4.69, 9.17) is 9.72 Å². The van der Waals surface area contributed by atoms with E-state index in [1.807, 2.05) is 51.1 Å². The summed E-state index contributed by atoms with van der Waals surface area (Å²) in [6, 6.07) is 11.3. The van der Waals surface area contributed by atoms with Crippen molar-refractivity contribution in [2.75, 3.05) is 13.1 Å². The standard InChI is InChI=1S/C22H24N4O3/c1-22(2,3)29-21(28)26-12-15(13-26)19-24-18-11-14(17-7-5-6-10-23-17)8-9-16(18)20(27)25(19)4/h5-11,15H,12-13H2,1-4H3. The van der Waals surface area contributed by atoms with Gasteiger partial charge < -0.3 is 9.64 Å². The van der Waals surface area contributed by atoms with E-state index in [0.717, 1.165) is 11.3 Å². The summed E-state index contributed by atoms with van der Waals surface area (Å²) in [6.07, 6.45) is 1.40. The van der Waals surface area contributed by atoms with Crippen molar-refractivity contribution in [3.8, 4) is 11.3 Å². The van der Waals surface area contributed by atoms with Crippen LogP contribution in [0.15, 0.2) is 47.4 Å². The first-order valence-corrected chi connectivity index (χ1v) is 9.63. The number of hydrogen-bond acceptors (Lipinski definition) is 5. The monoisotopic (exact) mass is 392 g/mol. The van der Waals surface area contributed by atoms with Crippen LogP contribution >= 0.6 is 0 Å². The first-order valence-electron chi connectivity index (χ1n) is 9.63. The van der Waals surface area contributed by atoms with Crippen LogP contribution in [0, 0.1) is 0 Å². The number of rotatable bonds is 2. The van der Waals surface area contributed by atoms with E-state index >= 15 is 0 Å². The van der Waals surface area contributed by atoms with Gasteiger partial charge in [0.2, 0.25) is 0 Å². The van der Waals surface area contributed by atoms with Crippen LogP contribution in [0.1, 0.15) is 32.5 Å². The minimum atomic E-state index is -0.530. The maximum Gasteiger partial charge on any atom is 0.410 e. The maximum atomic E-state index is 12.8. The Bertz CT molecular complexity index is 1130. The molecule has 1 aliphatic rings. The second-order valence-electron chi connectivity index (χ2n) is 8.36. The number of pyridine rings is 1. The molecule has 1 aromatic carbocycles. The predicted octanol–water partition coefficient (Wildman–Crippen LogP) is 3.33. The van der Waals surface area contributed by atoms with E-state index in [0.29, 0.717) is 29.8 Å². The Hall–Kier alpha value is -3.22. The highest BCUT2D eigenvalue weighted by molar-refractivity contribution is 5.83. The summed E-state index contributed by atoms with van der Waals surface area (Å²) in [5.41, 5.74) is 1.76. The van der Waals surface area contributed by atoms with E-state index in [2.05, 4.69) is 4.98 Å². The molecule has 0 aliphatic carbocycles. The molecule has 2 aromatic heterocycles. The molecule has 0 saturated carbocycles. The van der Waals surface area contributed by atoms with Crippen LogP contribution < -0.4 is 5.56 Å². The zero-order chi connectivity index (χ0) is 20.8. The molecule has 0 unspecified atom stereocenters. The van der Waals surface area contributed by atoms with Crippen LogP contribution in [0.2, 0.25) is 0 Å². The average Bonchev–Trinajstić information content (AvgIpc) is 2.63.